The van der Waals surface area contributed by atoms with Crippen LogP contribution in [0.1, 0.15) is 62.1 Å². The molecule has 1 heterocycles. The molecule has 2 aromatic rings. The Hall–Kier alpha value is -2.36. The lowest BCUT2D eigenvalue weighted by atomic mass is 9.55. The molecular formula is C25H30N2O2. The highest BCUT2D eigenvalue weighted by Gasteiger charge is 2.56. The number of aromatic nitrogens is 2. The third-order valence-electron chi connectivity index (χ3n) is 7.71. The second kappa shape index (κ2) is 6.86. The third kappa shape index (κ3) is 2.95. The Bertz CT molecular complexity index is 988. The van der Waals surface area contributed by atoms with E-state index < -0.39 is 0 Å². The van der Waals surface area contributed by atoms with Crippen molar-refractivity contribution in [3.63, 3.8) is 0 Å². The van der Waals surface area contributed by atoms with Crippen molar-refractivity contribution in [2.75, 3.05) is 6.61 Å². The van der Waals surface area contributed by atoms with Gasteiger partial charge in [-0.3, -0.25) is 9.48 Å². The van der Waals surface area contributed by atoms with Gasteiger partial charge in [-0.1, -0.05) is 13.0 Å². The van der Waals surface area contributed by atoms with E-state index in [0.29, 0.717) is 30.1 Å². The Morgan fingerprint density at radius 2 is 2.21 bits per heavy atom. The van der Waals surface area contributed by atoms with Crippen molar-refractivity contribution in [1.82, 2.24) is 9.78 Å². The fraction of sp³-hybridized carbons (Fsp3) is 0.520. The molecule has 5 rings (SSSR count). The lowest BCUT2D eigenvalue weighted by molar-refractivity contribution is -0.127. The molecule has 152 valence electrons. The number of hydrogen-bond donors (Lipinski definition) is 0. The van der Waals surface area contributed by atoms with Crippen LogP contribution >= 0.6 is 0 Å². The number of rotatable bonds is 3. The Morgan fingerprint density at radius 1 is 1.34 bits per heavy atom. The molecule has 4 heteroatoms. The predicted molar refractivity (Wildman–Crippen MR) is 114 cm³/mol. The molecule has 29 heavy (non-hydrogen) atoms. The summed E-state index contributed by atoms with van der Waals surface area (Å²) in [6.07, 6.45) is 11.2. The van der Waals surface area contributed by atoms with Crippen LogP contribution in [0, 0.1) is 17.3 Å². The van der Waals surface area contributed by atoms with Gasteiger partial charge in [0.15, 0.2) is 5.78 Å². The van der Waals surface area contributed by atoms with Crippen molar-refractivity contribution in [3.8, 4) is 5.75 Å². The highest BCUT2D eigenvalue weighted by Crippen LogP contribution is 2.60. The summed E-state index contributed by atoms with van der Waals surface area (Å²) in [6, 6.07) is 6.67. The molecule has 0 amide bonds. The number of carbonyl (C=O) groups excluding carboxylic acids is 1. The molecule has 0 radical (unpaired) electrons. The number of ketones is 1. The van der Waals surface area contributed by atoms with Crippen LogP contribution in [-0.2, 0) is 18.3 Å². The SMILES string of the molecule is CCOc1ccc2c(c1)CCC1C2CCC2(C)C(=O)C(=Cc3cnn(C)c3)CC12. The Kier molecular flexibility index (Phi) is 4.41. The van der Waals surface area contributed by atoms with Crippen LogP contribution in [0.5, 0.6) is 5.75 Å². The number of Topliss-reactive ketones (excluding diaryl/α,β-unsaturated/α-hetero) is 1. The fourth-order valence-corrected chi connectivity index (χ4v) is 6.33. The second-order valence-corrected chi connectivity index (χ2v) is 9.32. The molecule has 0 N–H and O–H groups in total. The van der Waals surface area contributed by atoms with Crippen molar-refractivity contribution >= 4 is 11.9 Å². The van der Waals surface area contributed by atoms with Crippen LogP contribution in [0.25, 0.3) is 6.08 Å². The minimum absolute atomic E-state index is 0.196. The summed E-state index contributed by atoms with van der Waals surface area (Å²) in [5, 5.41) is 4.25. The van der Waals surface area contributed by atoms with E-state index >= 15 is 0 Å². The molecule has 0 saturated heterocycles. The van der Waals surface area contributed by atoms with Crippen molar-refractivity contribution in [3.05, 3.63) is 52.9 Å². The van der Waals surface area contributed by atoms with Crippen molar-refractivity contribution in [2.45, 2.75) is 51.9 Å². The number of fused-ring (bicyclic) bond motifs is 5. The van der Waals surface area contributed by atoms with E-state index in [9.17, 15) is 4.79 Å². The first-order chi connectivity index (χ1) is 14.0. The van der Waals surface area contributed by atoms with Gasteiger partial charge in [0.05, 0.1) is 12.8 Å². The largest absolute Gasteiger partial charge is 0.494 e. The quantitative estimate of drug-likeness (QED) is 0.698. The molecular weight excluding hydrogens is 360 g/mol. The number of aryl methyl sites for hydroxylation is 2. The Labute approximate surface area is 173 Å². The maximum absolute atomic E-state index is 13.4. The van der Waals surface area contributed by atoms with Crippen LogP contribution < -0.4 is 4.74 Å². The zero-order chi connectivity index (χ0) is 20.2. The summed E-state index contributed by atoms with van der Waals surface area (Å²) < 4.78 is 7.52. The second-order valence-electron chi connectivity index (χ2n) is 9.32. The summed E-state index contributed by atoms with van der Waals surface area (Å²) in [5.41, 5.74) is 4.80. The molecule has 3 aliphatic carbocycles. The highest BCUT2D eigenvalue weighted by atomic mass is 16.5. The van der Waals surface area contributed by atoms with Crippen LogP contribution in [0.3, 0.4) is 0 Å². The van der Waals surface area contributed by atoms with Gasteiger partial charge < -0.3 is 4.74 Å². The number of ether oxygens (including phenoxy) is 1. The predicted octanol–water partition coefficient (Wildman–Crippen LogP) is 4.94. The molecule has 4 nitrogen and oxygen atoms in total. The summed E-state index contributed by atoms with van der Waals surface area (Å²) in [7, 11) is 1.92. The number of allylic oxidation sites excluding steroid dienone is 1. The first-order valence-corrected chi connectivity index (χ1v) is 11.0. The maximum Gasteiger partial charge on any atom is 0.165 e. The summed E-state index contributed by atoms with van der Waals surface area (Å²) in [5.74, 6) is 3.00. The van der Waals surface area contributed by atoms with Gasteiger partial charge in [-0.2, -0.15) is 5.10 Å². The van der Waals surface area contributed by atoms with Gasteiger partial charge in [0, 0.05) is 24.2 Å². The first kappa shape index (κ1) is 18.7. The zero-order valence-corrected chi connectivity index (χ0v) is 17.6. The van der Waals surface area contributed by atoms with Gasteiger partial charge in [0.2, 0.25) is 0 Å². The monoisotopic (exact) mass is 390 g/mol. The molecule has 0 spiro atoms. The molecule has 3 aliphatic rings. The summed E-state index contributed by atoms with van der Waals surface area (Å²) >= 11 is 0. The van der Waals surface area contributed by atoms with Gasteiger partial charge >= 0.3 is 0 Å². The first-order valence-electron chi connectivity index (χ1n) is 11.0. The van der Waals surface area contributed by atoms with Crippen molar-refractivity contribution in [2.24, 2.45) is 24.3 Å². The fourth-order valence-electron chi connectivity index (χ4n) is 6.33. The van der Waals surface area contributed by atoms with Gasteiger partial charge in [-0.25, -0.2) is 0 Å². The average Bonchev–Trinajstić information content (AvgIpc) is 3.23. The molecule has 0 bridgehead atoms. The highest BCUT2D eigenvalue weighted by molar-refractivity contribution is 6.05. The zero-order valence-electron chi connectivity index (χ0n) is 17.6. The number of benzene rings is 1. The Balaban J connectivity index is 1.45. The van der Waals surface area contributed by atoms with E-state index in [2.05, 4.69) is 36.3 Å². The average molecular weight is 391 g/mol. The van der Waals surface area contributed by atoms with E-state index in [1.807, 2.05) is 26.4 Å². The lowest BCUT2D eigenvalue weighted by Crippen LogP contribution is -2.42. The van der Waals surface area contributed by atoms with E-state index in [-0.39, 0.29) is 5.41 Å². The molecule has 2 fully saturated rings. The number of nitrogens with zero attached hydrogens (tertiary/aromatic N) is 2. The van der Waals surface area contributed by atoms with E-state index in [1.54, 1.807) is 4.68 Å². The number of hydrogen-bond acceptors (Lipinski definition) is 3. The lowest BCUT2D eigenvalue weighted by Gasteiger charge is -2.48. The van der Waals surface area contributed by atoms with Gasteiger partial charge in [0.1, 0.15) is 5.75 Å². The summed E-state index contributed by atoms with van der Waals surface area (Å²) in [4.78, 5) is 13.4. The number of carbonyl (C=O) groups is 1. The van der Waals surface area contributed by atoms with Crippen molar-refractivity contribution in [1.29, 1.82) is 0 Å². The van der Waals surface area contributed by atoms with E-state index in [4.69, 9.17) is 4.74 Å². The van der Waals surface area contributed by atoms with Gasteiger partial charge in [-0.05, 0) is 91.7 Å². The van der Waals surface area contributed by atoms with Crippen LogP contribution in [0.15, 0.2) is 36.2 Å². The summed E-state index contributed by atoms with van der Waals surface area (Å²) in [6.45, 7) is 4.97. The molecule has 4 unspecified atom stereocenters. The van der Waals surface area contributed by atoms with Gasteiger partial charge in [0.25, 0.3) is 0 Å². The normalized spacial score (nSPS) is 32.0. The molecule has 1 aromatic carbocycles. The van der Waals surface area contributed by atoms with Crippen molar-refractivity contribution < 1.29 is 9.53 Å². The van der Waals surface area contributed by atoms with Gasteiger partial charge in [-0.15, -0.1) is 0 Å². The van der Waals surface area contributed by atoms with Crippen LogP contribution in [0.4, 0.5) is 0 Å². The smallest absolute Gasteiger partial charge is 0.165 e. The minimum atomic E-state index is -0.196. The molecule has 4 atom stereocenters. The standard InChI is InChI=1S/C25H30N2O2/c1-4-29-19-6-8-20-17(12-19)5-7-22-21(20)9-10-25(2)23(22)13-18(24(25)28)11-16-14-26-27(3)15-16/h6,8,11-12,14-15,21-23H,4-5,7,9-10,13H2,1-3H3. The molecule has 2 saturated carbocycles. The maximum atomic E-state index is 13.4. The minimum Gasteiger partial charge on any atom is -0.494 e. The third-order valence-corrected chi connectivity index (χ3v) is 7.71. The van der Waals surface area contributed by atoms with E-state index in [0.717, 1.165) is 42.6 Å². The molecule has 0 aliphatic heterocycles. The Morgan fingerprint density at radius 3 is 2.97 bits per heavy atom. The van der Waals surface area contributed by atoms with Crippen LogP contribution in [0.2, 0.25) is 0 Å². The molecule has 1 aromatic heterocycles. The van der Waals surface area contributed by atoms with E-state index in [1.165, 1.54) is 17.5 Å². The topological polar surface area (TPSA) is 44.1 Å². The van der Waals surface area contributed by atoms with Crippen LogP contribution in [-0.4, -0.2) is 22.2 Å².